The fourth-order valence-corrected chi connectivity index (χ4v) is 4.62. The summed E-state index contributed by atoms with van der Waals surface area (Å²) in [5, 5.41) is 22.5. The molecule has 0 fully saturated rings. The molecular formula is C14H16N2O2S2. The van der Waals surface area contributed by atoms with Crippen LogP contribution in [0.3, 0.4) is 0 Å². The van der Waals surface area contributed by atoms with Crippen LogP contribution in [0.5, 0.6) is 0 Å². The fraction of sp³-hybridized carbons (Fsp3) is 0.286. The Hall–Kier alpha value is -1.34. The molecule has 0 aliphatic carbocycles. The maximum Gasteiger partial charge on any atom is 0.0923 e. The number of thiophene rings is 2. The van der Waals surface area contributed by atoms with Crippen LogP contribution in [0.2, 0.25) is 0 Å². The molecule has 2 heterocycles. The summed E-state index contributed by atoms with van der Waals surface area (Å²) in [5.74, 6) is 0. The second-order valence-electron chi connectivity index (χ2n) is 4.57. The van der Waals surface area contributed by atoms with E-state index < -0.39 is 0 Å². The van der Waals surface area contributed by atoms with Gasteiger partial charge >= 0.3 is 0 Å². The molecule has 0 aliphatic rings. The van der Waals surface area contributed by atoms with Crippen molar-refractivity contribution in [1.82, 2.24) is 0 Å². The summed E-state index contributed by atoms with van der Waals surface area (Å²) in [6, 6.07) is 8.29. The Kier molecular flexibility index (Phi) is 3.80. The lowest BCUT2D eigenvalue weighted by Crippen LogP contribution is -2.28. The van der Waals surface area contributed by atoms with Gasteiger partial charge in [-0.2, -0.15) is 0 Å². The molecule has 20 heavy (non-hydrogen) atoms. The molecule has 0 saturated carbocycles. The van der Waals surface area contributed by atoms with Gasteiger partial charge in [-0.1, -0.05) is 12.1 Å². The van der Waals surface area contributed by atoms with Gasteiger partial charge in [-0.25, -0.2) is 0 Å². The highest BCUT2D eigenvalue weighted by Crippen LogP contribution is 2.41. The molecule has 3 aromatic rings. The van der Waals surface area contributed by atoms with E-state index in [1.165, 1.54) is 20.2 Å². The topological polar surface area (TPSA) is 69.7 Å². The molecular weight excluding hydrogens is 292 g/mol. The third-order valence-electron chi connectivity index (χ3n) is 3.23. The van der Waals surface area contributed by atoms with Crippen LogP contribution in [0.1, 0.15) is 0 Å². The standard InChI is InChI=1S/C14H16N2O2S2/c15-11-7-9-1-2-10-8-12(16(3-5-17)4-6-18)20-14(10)13(9)19-11/h1-2,7-8,17-18H,3-6,15H2. The second kappa shape index (κ2) is 5.57. The monoisotopic (exact) mass is 308 g/mol. The van der Waals surface area contributed by atoms with Crippen LogP contribution in [0.25, 0.3) is 20.2 Å². The molecule has 0 spiro atoms. The van der Waals surface area contributed by atoms with Crippen molar-refractivity contribution in [2.45, 2.75) is 0 Å². The summed E-state index contributed by atoms with van der Waals surface area (Å²) in [6.07, 6.45) is 0. The van der Waals surface area contributed by atoms with E-state index in [0.717, 1.165) is 10.0 Å². The number of fused-ring (bicyclic) bond motifs is 3. The summed E-state index contributed by atoms with van der Waals surface area (Å²) in [6.45, 7) is 1.22. The summed E-state index contributed by atoms with van der Waals surface area (Å²) in [4.78, 5) is 2.01. The van der Waals surface area contributed by atoms with Gasteiger partial charge < -0.3 is 20.8 Å². The van der Waals surface area contributed by atoms with Crippen molar-refractivity contribution >= 4 is 52.8 Å². The number of benzene rings is 1. The van der Waals surface area contributed by atoms with Gasteiger partial charge in [0.2, 0.25) is 0 Å². The highest BCUT2D eigenvalue weighted by Gasteiger charge is 2.12. The van der Waals surface area contributed by atoms with Crippen LogP contribution < -0.4 is 10.6 Å². The lowest BCUT2D eigenvalue weighted by atomic mass is 10.2. The Morgan fingerprint density at radius 2 is 1.55 bits per heavy atom. The molecule has 0 bridgehead atoms. The largest absolute Gasteiger partial charge is 0.395 e. The minimum Gasteiger partial charge on any atom is -0.395 e. The van der Waals surface area contributed by atoms with E-state index in [0.29, 0.717) is 13.1 Å². The first kappa shape index (κ1) is 13.6. The first-order valence-corrected chi connectivity index (χ1v) is 8.04. The normalized spacial score (nSPS) is 11.5. The number of anilines is 2. The predicted molar refractivity (Wildman–Crippen MR) is 88.0 cm³/mol. The molecule has 4 nitrogen and oxygen atoms in total. The van der Waals surface area contributed by atoms with Crippen molar-refractivity contribution in [2.24, 2.45) is 0 Å². The van der Waals surface area contributed by atoms with E-state index in [1.54, 1.807) is 22.7 Å². The zero-order chi connectivity index (χ0) is 14.1. The number of nitrogens with zero attached hydrogens (tertiary/aromatic N) is 1. The van der Waals surface area contributed by atoms with E-state index in [1.807, 2.05) is 11.0 Å². The van der Waals surface area contributed by atoms with Crippen molar-refractivity contribution < 1.29 is 10.2 Å². The van der Waals surface area contributed by atoms with Gasteiger partial charge in [0.05, 0.1) is 32.6 Å². The zero-order valence-electron chi connectivity index (χ0n) is 10.9. The lowest BCUT2D eigenvalue weighted by molar-refractivity contribution is 0.281. The quantitative estimate of drug-likeness (QED) is 0.677. The number of rotatable bonds is 5. The highest BCUT2D eigenvalue weighted by molar-refractivity contribution is 7.30. The van der Waals surface area contributed by atoms with E-state index in [-0.39, 0.29) is 13.2 Å². The first-order chi connectivity index (χ1) is 9.72. The Bertz CT molecular complexity index is 729. The van der Waals surface area contributed by atoms with E-state index >= 15 is 0 Å². The zero-order valence-corrected chi connectivity index (χ0v) is 12.5. The molecule has 3 rings (SSSR count). The molecule has 0 saturated heterocycles. The molecule has 4 N–H and O–H groups in total. The molecule has 0 amide bonds. The Morgan fingerprint density at radius 1 is 0.950 bits per heavy atom. The number of nitrogen functional groups attached to an aromatic ring is 1. The van der Waals surface area contributed by atoms with Crippen molar-refractivity contribution in [3.05, 3.63) is 24.3 Å². The van der Waals surface area contributed by atoms with Gasteiger partial charge in [0.1, 0.15) is 0 Å². The Balaban J connectivity index is 2.11. The number of nitrogens with two attached hydrogens (primary N) is 1. The van der Waals surface area contributed by atoms with Gasteiger partial charge in [-0.05, 0) is 22.9 Å². The third-order valence-corrected chi connectivity index (χ3v) is 5.58. The average Bonchev–Trinajstić information content (AvgIpc) is 3.00. The average molecular weight is 308 g/mol. The minimum absolute atomic E-state index is 0.0790. The summed E-state index contributed by atoms with van der Waals surface area (Å²) >= 11 is 3.29. The maximum absolute atomic E-state index is 9.14. The van der Waals surface area contributed by atoms with Gasteiger partial charge in [-0.3, -0.25) is 0 Å². The molecule has 1 aromatic carbocycles. The van der Waals surface area contributed by atoms with E-state index in [2.05, 4.69) is 18.2 Å². The first-order valence-electron chi connectivity index (χ1n) is 6.41. The molecule has 0 unspecified atom stereocenters. The summed E-state index contributed by atoms with van der Waals surface area (Å²) < 4.78 is 2.43. The minimum atomic E-state index is 0.0790. The molecule has 6 heteroatoms. The van der Waals surface area contributed by atoms with Gasteiger partial charge in [-0.15, -0.1) is 22.7 Å². The number of hydrogen-bond acceptors (Lipinski definition) is 6. The molecule has 0 aliphatic heterocycles. The second-order valence-corrected chi connectivity index (χ2v) is 6.68. The van der Waals surface area contributed by atoms with Crippen LogP contribution in [0.4, 0.5) is 10.0 Å². The van der Waals surface area contributed by atoms with Crippen LogP contribution in [0, 0.1) is 0 Å². The fourth-order valence-electron chi connectivity index (χ4n) is 2.33. The van der Waals surface area contributed by atoms with Crippen molar-refractivity contribution in [2.75, 3.05) is 36.9 Å². The molecule has 2 aromatic heterocycles. The lowest BCUT2D eigenvalue weighted by Gasteiger charge is -2.20. The maximum atomic E-state index is 9.14. The van der Waals surface area contributed by atoms with Gasteiger partial charge in [0.15, 0.2) is 0 Å². The SMILES string of the molecule is Nc1cc2ccc3cc(N(CCO)CCO)sc3c2s1. The van der Waals surface area contributed by atoms with Gasteiger partial charge in [0.25, 0.3) is 0 Å². The van der Waals surface area contributed by atoms with Crippen LogP contribution in [-0.4, -0.2) is 36.5 Å². The molecule has 0 atom stereocenters. The van der Waals surface area contributed by atoms with Crippen molar-refractivity contribution in [3.8, 4) is 0 Å². The summed E-state index contributed by atoms with van der Waals surface area (Å²) in [7, 11) is 0. The van der Waals surface area contributed by atoms with E-state index in [9.17, 15) is 0 Å². The number of aliphatic hydroxyl groups excluding tert-OH is 2. The van der Waals surface area contributed by atoms with Crippen LogP contribution >= 0.6 is 22.7 Å². The van der Waals surface area contributed by atoms with E-state index in [4.69, 9.17) is 15.9 Å². The molecule has 0 radical (unpaired) electrons. The highest BCUT2D eigenvalue weighted by atomic mass is 32.1. The third kappa shape index (κ3) is 2.35. The predicted octanol–water partition coefficient (Wildman–Crippen LogP) is 2.49. The Morgan fingerprint density at radius 3 is 2.20 bits per heavy atom. The number of hydrogen-bond donors (Lipinski definition) is 3. The summed E-state index contributed by atoms with van der Waals surface area (Å²) in [5.41, 5.74) is 5.89. The van der Waals surface area contributed by atoms with Crippen molar-refractivity contribution in [3.63, 3.8) is 0 Å². The van der Waals surface area contributed by atoms with Crippen molar-refractivity contribution in [1.29, 1.82) is 0 Å². The van der Waals surface area contributed by atoms with Crippen LogP contribution in [0.15, 0.2) is 24.3 Å². The van der Waals surface area contributed by atoms with Crippen LogP contribution in [-0.2, 0) is 0 Å². The van der Waals surface area contributed by atoms with Gasteiger partial charge in [0, 0.05) is 13.1 Å². The molecule has 106 valence electrons. The Labute approximate surface area is 124 Å². The number of aliphatic hydroxyl groups is 2. The smallest absolute Gasteiger partial charge is 0.0923 e.